The van der Waals surface area contributed by atoms with Crippen LogP contribution in [0.4, 0.5) is 5.69 Å². The highest BCUT2D eigenvalue weighted by Crippen LogP contribution is 2.26. The van der Waals surface area contributed by atoms with Crippen molar-refractivity contribution in [3.8, 4) is 5.75 Å². The Morgan fingerprint density at radius 2 is 1.72 bits per heavy atom. The number of rotatable bonds is 11. The maximum absolute atomic E-state index is 12.5. The van der Waals surface area contributed by atoms with Gasteiger partial charge in [-0.05, 0) is 83.5 Å². The molecule has 2 aromatic carbocycles. The molecule has 32 heavy (non-hydrogen) atoms. The summed E-state index contributed by atoms with van der Waals surface area (Å²) in [4.78, 5) is 24.6. The number of thiocarbonyl (C=S) groups is 1. The second kappa shape index (κ2) is 13.8. The highest BCUT2D eigenvalue weighted by atomic mass is 79.9. The third-order valence-corrected chi connectivity index (χ3v) is 5.22. The van der Waals surface area contributed by atoms with Gasteiger partial charge in [0.05, 0.1) is 11.1 Å². The van der Waals surface area contributed by atoms with Gasteiger partial charge in [0.2, 0.25) is 0 Å². The molecule has 0 spiro atoms. The predicted octanol–water partition coefficient (Wildman–Crippen LogP) is 4.52. The van der Waals surface area contributed by atoms with Gasteiger partial charge in [0.15, 0.2) is 5.11 Å². The first-order valence-electron chi connectivity index (χ1n) is 10.4. The Kier molecular flexibility index (Phi) is 11.1. The largest absolute Gasteiger partial charge is 0.492 e. The minimum absolute atomic E-state index is 0.156. The quantitative estimate of drug-likeness (QED) is 0.297. The van der Waals surface area contributed by atoms with Gasteiger partial charge < -0.3 is 20.1 Å². The van der Waals surface area contributed by atoms with Crippen LogP contribution in [0.25, 0.3) is 0 Å². The summed E-state index contributed by atoms with van der Waals surface area (Å²) in [5, 5.41) is 8.58. The van der Waals surface area contributed by atoms with Crippen LogP contribution in [-0.4, -0.2) is 43.8 Å². The van der Waals surface area contributed by atoms with Gasteiger partial charge in [-0.1, -0.05) is 13.3 Å². The molecule has 0 fully saturated rings. The van der Waals surface area contributed by atoms with E-state index in [9.17, 15) is 9.59 Å². The fraction of sp³-hybridized carbons (Fsp3) is 0.348. The van der Waals surface area contributed by atoms with Crippen molar-refractivity contribution in [3.05, 3.63) is 58.1 Å². The van der Waals surface area contributed by atoms with Crippen molar-refractivity contribution in [2.45, 2.75) is 26.2 Å². The van der Waals surface area contributed by atoms with Gasteiger partial charge in [-0.3, -0.25) is 14.9 Å². The molecule has 0 bridgehead atoms. The standard InChI is InChI=1S/C23H28BrN3O4S/c1-3-4-14-31-20-11-8-17(15-19(20)24)22(29)27-23(32)26-18-9-6-16(7-10-18)21(28)25-12-5-13-30-2/h6-11,15H,3-5,12-14H2,1-2H3,(H,25,28)(H2,26,27,29,32). The summed E-state index contributed by atoms with van der Waals surface area (Å²) in [5.74, 6) is 0.199. The maximum Gasteiger partial charge on any atom is 0.257 e. The van der Waals surface area contributed by atoms with Crippen LogP contribution in [0, 0.1) is 0 Å². The number of amides is 2. The number of anilines is 1. The molecule has 172 valence electrons. The first kappa shape index (κ1) is 25.8. The van der Waals surface area contributed by atoms with Crippen molar-refractivity contribution < 1.29 is 19.1 Å². The van der Waals surface area contributed by atoms with Crippen LogP contribution >= 0.6 is 28.1 Å². The lowest BCUT2D eigenvalue weighted by Crippen LogP contribution is -2.34. The summed E-state index contributed by atoms with van der Waals surface area (Å²) < 4.78 is 11.3. The molecule has 0 saturated carbocycles. The molecule has 9 heteroatoms. The first-order valence-corrected chi connectivity index (χ1v) is 11.6. The molecule has 0 aromatic heterocycles. The second-order valence-electron chi connectivity index (χ2n) is 6.94. The van der Waals surface area contributed by atoms with E-state index in [1.807, 2.05) is 0 Å². The number of carbonyl (C=O) groups is 2. The minimum atomic E-state index is -0.338. The van der Waals surface area contributed by atoms with Gasteiger partial charge in [-0.15, -0.1) is 0 Å². The average molecular weight is 522 g/mol. The fourth-order valence-corrected chi connectivity index (χ4v) is 3.35. The van der Waals surface area contributed by atoms with Gasteiger partial charge in [-0.25, -0.2) is 0 Å². The van der Waals surface area contributed by atoms with Gasteiger partial charge in [0.25, 0.3) is 11.8 Å². The van der Waals surface area contributed by atoms with Crippen LogP contribution in [0.5, 0.6) is 5.75 Å². The molecule has 2 rings (SSSR count). The number of nitrogens with one attached hydrogen (secondary N) is 3. The van der Waals surface area contributed by atoms with E-state index in [0.29, 0.717) is 46.8 Å². The van der Waals surface area contributed by atoms with Crippen molar-refractivity contribution in [2.24, 2.45) is 0 Å². The Morgan fingerprint density at radius 1 is 1.00 bits per heavy atom. The summed E-state index contributed by atoms with van der Waals surface area (Å²) in [6.45, 7) is 3.87. The Hall–Kier alpha value is -2.49. The van der Waals surface area contributed by atoms with Crippen LogP contribution in [0.1, 0.15) is 46.9 Å². The summed E-state index contributed by atoms with van der Waals surface area (Å²) in [6.07, 6.45) is 2.77. The minimum Gasteiger partial charge on any atom is -0.492 e. The van der Waals surface area contributed by atoms with Crippen molar-refractivity contribution >= 4 is 50.8 Å². The molecule has 0 aliphatic heterocycles. The number of benzene rings is 2. The van der Waals surface area contributed by atoms with Crippen LogP contribution in [0.2, 0.25) is 0 Å². The van der Waals surface area contributed by atoms with Gasteiger partial charge in [0, 0.05) is 37.1 Å². The van der Waals surface area contributed by atoms with E-state index in [2.05, 4.69) is 38.8 Å². The van der Waals surface area contributed by atoms with Crippen LogP contribution < -0.4 is 20.7 Å². The number of hydrogen-bond acceptors (Lipinski definition) is 5. The van der Waals surface area contributed by atoms with Crippen molar-refractivity contribution in [3.63, 3.8) is 0 Å². The summed E-state index contributed by atoms with van der Waals surface area (Å²) in [7, 11) is 1.62. The molecule has 2 aromatic rings. The topological polar surface area (TPSA) is 88.7 Å². The molecule has 0 heterocycles. The van der Waals surface area contributed by atoms with E-state index in [4.69, 9.17) is 21.7 Å². The van der Waals surface area contributed by atoms with Gasteiger partial charge in [-0.2, -0.15) is 0 Å². The lowest BCUT2D eigenvalue weighted by molar-refractivity contribution is 0.0946. The molecule has 0 radical (unpaired) electrons. The summed E-state index contributed by atoms with van der Waals surface area (Å²) in [6, 6.07) is 12.0. The molecule has 0 aliphatic carbocycles. The lowest BCUT2D eigenvalue weighted by atomic mass is 10.2. The van der Waals surface area contributed by atoms with Crippen LogP contribution in [0.15, 0.2) is 46.9 Å². The first-order chi connectivity index (χ1) is 15.4. The summed E-state index contributed by atoms with van der Waals surface area (Å²) in [5.41, 5.74) is 1.64. The van der Waals surface area contributed by atoms with Crippen molar-refractivity contribution in [1.82, 2.24) is 10.6 Å². The Balaban J connectivity index is 1.86. The maximum atomic E-state index is 12.5. The van der Waals surface area contributed by atoms with E-state index in [0.717, 1.165) is 19.3 Å². The average Bonchev–Trinajstić information content (AvgIpc) is 2.78. The molecule has 0 unspecified atom stereocenters. The van der Waals surface area contributed by atoms with E-state index < -0.39 is 0 Å². The molecular weight excluding hydrogens is 494 g/mol. The lowest BCUT2D eigenvalue weighted by Gasteiger charge is -2.12. The van der Waals surface area contributed by atoms with Crippen molar-refractivity contribution in [1.29, 1.82) is 0 Å². The second-order valence-corrected chi connectivity index (χ2v) is 8.20. The van der Waals surface area contributed by atoms with Crippen LogP contribution in [-0.2, 0) is 4.74 Å². The zero-order chi connectivity index (χ0) is 23.3. The van der Waals surface area contributed by atoms with E-state index in [-0.39, 0.29) is 16.9 Å². The fourth-order valence-electron chi connectivity index (χ4n) is 2.65. The smallest absolute Gasteiger partial charge is 0.257 e. The molecule has 0 saturated heterocycles. The van der Waals surface area contributed by atoms with E-state index in [1.54, 1.807) is 49.6 Å². The number of ether oxygens (including phenoxy) is 2. The molecule has 2 amide bonds. The third-order valence-electron chi connectivity index (χ3n) is 4.39. The zero-order valence-electron chi connectivity index (χ0n) is 18.2. The number of halogens is 1. The molecule has 7 nitrogen and oxygen atoms in total. The molecule has 3 N–H and O–H groups in total. The molecule has 0 aliphatic rings. The number of carbonyl (C=O) groups excluding carboxylic acids is 2. The monoisotopic (exact) mass is 521 g/mol. The van der Waals surface area contributed by atoms with Gasteiger partial charge in [0.1, 0.15) is 5.75 Å². The Labute approximate surface area is 202 Å². The molecular formula is C23H28BrN3O4S. The zero-order valence-corrected chi connectivity index (χ0v) is 20.6. The molecule has 0 atom stereocenters. The predicted molar refractivity (Wildman–Crippen MR) is 134 cm³/mol. The normalized spacial score (nSPS) is 10.3. The highest BCUT2D eigenvalue weighted by Gasteiger charge is 2.12. The van der Waals surface area contributed by atoms with Crippen LogP contribution in [0.3, 0.4) is 0 Å². The highest BCUT2D eigenvalue weighted by molar-refractivity contribution is 9.10. The third kappa shape index (κ3) is 8.57. The Morgan fingerprint density at radius 3 is 2.38 bits per heavy atom. The Bertz CT molecular complexity index is 922. The van der Waals surface area contributed by atoms with Gasteiger partial charge >= 0.3 is 0 Å². The van der Waals surface area contributed by atoms with E-state index >= 15 is 0 Å². The number of hydrogen-bond donors (Lipinski definition) is 3. The van der Waals surface area contributed by atoms with E-state index in [1.165, 1.54) is 0 Å². The number of methoxy groups -OCH3 is 1. The van der Waals surface area contributed by atoms with Crippen molar-refractivity contribution in [2.75, 3.05) is 32.2 Å². The summed E-state index contributed by atoms with van der Waals surface area (Å²) >= 11 is 8.67. The number of unbranched alkanes of at least 4 members (excludes halogenated alkanes) is 1. The SMILES string of the molecule is CCCCOc1ccc(C(=O)NC(=S)Nc2ccc(C(=O)NCCCOC)cc2)cc1Br.